The maximum atomic E-state index is 11.6. The summed E-state index contributed by atoms with van der Waals surface area (Å²) in [6.07, 6.45) is 2.08. The number of aromatic nitrogens is 1. The summed E-state index contributed by atoms with van der Waals surface area (Å²) in [7, 11) is 1.59. The number of carbonyl (C=O) groups is 2. The van der Waals surface area contributed by atoms with Crippen LogP contribution in [0.15, 0.2) is 23.1 Å². The molecular weight excluding hydrogens is 248 g/mol. The number of carbonyl (C=O) groups excluding carboxylic acids is 2. The standard InChI is InChI=1S/C12H16N4O3/c1-14-8-11(18)16(12(14)19)6-2-5-15-7-9(13)3-4-10(15)17/h3-4,7H,2,5-6,8,13H2,1H3. The molecule has 7 heteroatoms. The lowest BCUT2D eigenvalue weighted by atomic mass is 10.3. The highest BCUT2D eigenvalue weighted by atomic mass is 16.2. The van der Waals surface area contributed by atoms with E-state index in [1.807, 2.05) is 0 Å². The van der Waals surface area contributed by atoms with Crippen LogP contribution in [-0.4, -0.2) is 46.4 Å². The van der Waals surface area contributed by atoms with Gasteiger partial charge in [-0.1, -0.05) is 0 Å². The van der Waals surface area contributed by atoms with E-state index in [2.05, 4.69) is 0 Å². The first-order valence-electron chi connectivity index (χ1n) is 6.00. The fourth-order valence-corrected chi connectivity index (χ4v) is 2.01. The van der Waals surface area contributed by atoms with E-state index in [-0.39, 0.29) is 24.0 Å². The van der Waals surface area contributed by atoms with Gasteiger partial charge in [0.05, 0.1) is 0 Å². The van der Waals surface area contributed by atoms with E-state index in [1.54, 1.807) is 19.3 Å². The molecule has 2 heterocycles. The van der Waals surface area contributed by atoms with Crippen molar-refractivity contribution in [3.63, 3.8) is 0 Å². The van der Waals surface area contributed by atoms with Gasteiger partial charge in [-0.2, -0.15) is 0 Å². The van der Waals surface area contributed by atoms with E-state index >= 15 is 0 Å². The van der Waals surface area contributed by atoms with Crippen molar-refractivity contribution in [2.24, 2.45) is 0 Å². The second-order valence-electron chi connectivity index (χ2n) is 4.53. The summed E-state index contributed by atoms with van der Waals surface area (Å²) in [4.78, 5) is 37.3. The second-order valence-corrected chi connectivity index (χ2v) is 4.53. The van der Waals surface area contributed by atoms with E-state index in [1.165, 1.54) is 20.4 Å². The van der Waals surface area contributed by atoms with Crippen LogP contribution in [0.4, 0.5) is 10.5 Å². The second kappa shape index (κ2) is 5.13. The Bertz CT molecular complexity index is 566. The maximum Gasteiger partial charge on any atom is 0.326 e. The van der Waals surface area contributed by atoms with Crippen molar-refractivity contribution in [3.8, 4) is 0 Å². The Morgan fingerprint density at radius 3 is 2.58 bits per heavy atom. The monoisotopic (exact) mass is 264 g/mol. The Kier molecular flexibility index (Phi) is 3.55. The molecule has 1 saturated heterocycles. The number of hydrogen-bond acceptors (Lipinski definition) is 4. The summed E-state index contributed by atoms with van der Waals surface area (Å²) in [6, 6.07) is 2.65. The van der Waals surface area contributed by atoms with Gasteiger partial charge in [0.15, 0.2) is 0 Å². The molecule has 7 nitrogen and oxygen atoms in total. The third-order valence-electron chi connectivity index (χ3n) is 3.02. The number of likely N-dealkylation sites (N-methyl/N-ethyl adjacent to an activating group) is 1. The molecule has 0 aliphatic carbocycles. The summed E-state index contributed by atoms with van der Waals surface area (Å²) in [5.74, 6) is -0.201. The zero-order chi connectivity index (χ0) is 14.0. The van der Waals surface area contributed by atoms with Gasteiger partial charge in [-0.15, -0.1) is 0 Å². The highest BCUT2D eigenvalue weighted by Gasteiger charge is 2.32. The van der Waals surface area contributed by atoms with E-state index in [9.17, 15) is 14.4 Å². The fraction of sp³-hybridized carbons (Fsp3) is 0.417. The van der Waals surface area contributed by atoms with Crippen molar-refractivity contribution in [3.05, 3.63) is 28.7 Å². The quantitative estimate of drug-likeness (QED) is 0.757. The first-order chi connectivity index (χ1) is 8.99. The number of pyridine rings is 1. The van der Waals surface area contributed by atoms with Crippen LogP contribution in [0.5, 0.6) is 0 Å². The lowest BCUT2D eigenvalue weighted by Gasteiger charge is -2.14. The number of nitrogens with two attached hydrogens (primary N) is 1. The molecule has 3 amide bonds. The SMILES string of the molecule is CN1CC(=O)N(CCCn2cc(N)ccc2=O)C1=O. The highest BCUT2D eigenvalue weighted by Crippen LogP contribution is 2.08. The van der Waals surface area contributed by atoms with Gasteiger partial charge in [0.25, 0.3) is 5.56 Å². The van der Waals surface area contributed by atoms with Crippen LogP contribution < -0.4 is 11.3 Å². The average Bonchev–Trinajstić information content (AvgIpc) is 2.60. The van der Waals surface area contributed by atoms with E-state index in [4.69, 9.17) is 5.73 Å². The van der Waals surface area contributed by atoms with Crippen LogP contribution in [0.1, 0.15) is 6.42 Å². The Labute approximate surface area is 110 Å². The molecule has 0 saturated carbocycles. The highest BCUT2D eigenvalue weighted by molar-refractivity contribution is 6.01. The zero-order valence-electron chi connectivity index (χ0n) is 10.7. The maximum absolute atomic E-state index is 11.6. The van der Waals surface area contributed by atoms with Crippen LogP contribution in [0.25, 0.3) is 0 Å². The molecule has 1 aromatic rings. The van der Waals surface area contributed by atoms with Crippen molar-refractivity contribution in [1.82, 2.24) is 14.4 Å². The number of urea groups is 1. The lowest BCUT2D eigenvalue weighted by molar-refractivity contribution is -0.125. The minimum absolute atomic E-state index is 0.122. The molecule has 0 aromatic carbocycles. The van der Waals surface area contributed by atoms with Crippen molar-refractivity contribution < 1.29 is 9.59 Å². The van der Waals surface area contributed by atoms with Gasteiger partial charge in [0.1, 0.15) is 6.54 Å². The third kappa shape index (κ3) is 2.75. The summed E-state index contributed by atoms with van der Waals surface area (Å²) in [5.41, 5.74) is 5.96. The van der Waals surface area contributed by atoms with Gasteiger partial charge in [0, 0.05) is 38.1 Å². The molecule has 0 spiro atoms. The Hall–Kier alpha value is -2.31. The van der Waals surface area contributed by atoms with Crippen molar-refractivity contribution in [2.45, 2.75) is 13.0 Å². The number of hydrogen-bond donors (Lipinski definition) is 1. The number of nitrogen functional groups attached to an aromatic ring is 1. The minimum Gasteiger partial charge on any atom is -0.398 e. The van der Waals surface area contributed by atoms with Crippen LogP contribution in [-0.2, 0) is 11.3 Å². The summed E-state index contributed by atoms with van der Waals surface area (Å²) in [6.45, 7) is 0.852. The molecule has 0 radical (unpaired) electrons. The first-order valence-corrected chi connectivity index (χ1v) is 6.00. The third-order valence-corrected chi connectivity index (χ3v) is 3.02. The van der Waals surface area contributed by atoms with E-state index in [0.717, 1.165) is 0 Å². The van der Waals surface area contributed by atoms with Crippen LogP contribution in [0.2, 0.25) is 0 Å². The minimum atomic E-state index is -0.287. The number of aryl methyl sites for hydroxylation is 1. The average molecular weight is 264 g/mol. The Morgan fingerprint density at radius 2 is 1.95 bits per heavy atom. The zero-order valence-corrected chi connectivity index (χ0v) is 10.7. The van der Waals surface area contributed by atoms with Crippen molar-refractivity contribution >= 4 is 17.6 Å². The Balaban J connectivity index is 1.94. The van der Waals surface area contributed by atoms with Gasteiger partial charge in [-0.25, -0.2) is 4.79 Å². The molecule has 0 atom stereocenters. The topological polar surface area (TPSA) is 88.6 Å². The van der Waals surface area contributed by atoms with Crippen LogP contribution in [0, 0.1) is 0 Å². The largest absolute Gasteiger partial charge is 0.398 e. The predicted octanol–water partition coefficient (Wildman–Crippen LogP) is -0.285. The summed E-state index contributed by atoms with van der Waals surface area (Å²) < 4.78 is 1.48. The molecule has 102 valence electrons. The van der Waals surface area contributed by atoms with Crippen molar-refractivity contribution in [1.29, 1.82) is 0 Å². The number of amides is 3. The first kappa shape index (κ1) is 13.1. The van der Waals surface area contributed by atoms with E-state index in [0.29, 0.717) is 25.2 Å². The molecule has 19 heavy (non-hydrogen) atoms. The number of imide groups is 1. The summed E-state index contributed by atoms with van der Waals surface area (Å²) >= 11 is 0. The van der Waals surface area contributed by atoms with Gasteiger partial charge >= 0.3 is 6.03 Å². The number of anilines is 1. The smallest absolute Gasteiger partial charge is 0.326 e. The number of rotatable bonds is 4. The van der Waals surface area contributed by atoms with Crippen molar-refractivity contribution in [2.75, 3.05) is 25.9 Å². The van der Waals surface area contributed by atoms with Gasteiger partial charge in [0.2, 0.25) is 5.91 Å². The van der Waals surface area contributed by atoms with Crippen LogP contribution >= 0.6 is 0 Å². The number of nitrogens with zero attached hydrogens (tertiary/aromatic N) is 3. The molecule has 2 rings (SSSR count). The van der Waals surface area contributed by atoms with E-state index < -0.39 is 0 Å². The molecule has 0 bridgehead atoms. The predicted molar refractivity (Wildman–Crippen MR) is 69.5 cm³/mol. The normalized spacial score (nSPS) is 15.4. The molecule has 1 fully saturated rings. The lowest BCUT2D eigenvalue weighted by Crippen LogP contribution is -2.33. The Morgan fingerprint density at radius 1 is 1.21 bits per heavy atom. The molecular formula is C12H16N4O3. The molecule has 2 N–H and O–H groups in total. The summed E-state index contributed by atoms with van der Waals surface area (Å²) in [5, 5.41) is 0. The van der Waals surface area contributed by atoms with Gasteiger partial charge in [-0.3, -0.25) is 14.5 Å². The molecule has 1 aliphatic heterocycles. The molecule has 0 unspecified atom stereocenters. The fourth-order valence-electron chi connectivity index (χ4n) is 2.01. The van der Waals surface area contributed by atoms with Crippen LogP contribution in [0.3, 0.4) is 0 Å². The van der Waals surface area contributed by atoms with Gasteiger partial charge < -0.3 is 15.2 Å². The molecule has 1 aliphatic rings. The molecule has 1 aromatic heterocycles. The van der Waals surface area contributed by atoms with Gasteiger partial charge in [-0.05, 0) is 12.5 Å².